The van der Waals surface area contributed by atoms with Crippen molar-refractivity contribution >= 4 is 23.1 Å². The molecule has 5 rings (SSSR count). The lowest BCUT2D eigenvalue weighted by Crippen LogP contribution is -2.29. The fraction of sp³-hybridized carbons (Fsp3) is 0.148. The maximum atomic E-state index is 13.4. The molecule has 0 spiro atoms. The Kier molecular flexibility index (Phi) is 5.37. The lowest BCUT2D eigenvalue weighted by molar-refractivity contribution is -0.140. The third-order valence-corrected chi connectivity index (χ3v) is 6.07. The van der Waals surface area contributed by atoms with E-state index in [-0.39, 0.29) is 17.9 Å². The molecule has 1 aliphatic rings. The van der Waals surface area contributed by atoms with E-state index in [0.717, 1.165) is 5.56 Å². The number of hydrogen-bond acceptors (Lipinski definition) is 5. The zero-order valence-corrected chi connectivity index (χ0v) is 18.8. The second-order valence-electron chi connectivity index (χ2n) is 8.16. The molecule has 1 amide bonds. The summed E-state index contributed by atoms with van der Waals surface area (Å²) in [5.74, 6) is -1.05. The molecule has 1 aliphatic heterocycles. The Balaban J connectivity index is 1.73. The Labute approximate surface area is 196 Å². The molecule has 0 aliphatic carbocycles. The van der Waals surface area contributed by atoms with Crippen LogP contribution < -0.4 is 4.74 Å². The van der Waals surface area contributed by atoms with Gasteiger partial charge in [-0.15, -0.1) is 0 Å². The molecule has 1 N–H and O–H groups in total. The van der Waals surface area contributed by atoms with E-state index in [1.807, 2.05) is 54.6 Å². The Morgan fingerprint density at radius 3 is 2.56 bits per heavy atom. The molecule has 2 aromatic heterocycles. The van der Waals surface area contributed by atoms with Crippen molar-refractivity contribution in [1.82, 2.24) is 14.3 Å². The van der Waals surface area contributed by atoms with Crippen molar-refractivity contribution < 1.29 is 19.4 Å². The third-order valence-electron chi connectivity index (χ3n) is 6.07. The number of rotatable bonds is 5. The van der Waals surface area contributed by atoms with E-state index in [2.05, 4.69) is 4.98 Å². The molecule has 3 heterocycles. The Morgan fingerprint density at radius 2 is 1.79 bits per heavy atom. The minimum atomic E-state index is -0.788. The molecule has 1 saturated heterocycles. The fourth-order valence-electron chi connectivity index (χ4n) is 4.51. The van der Waals surface area contributed by atoms with E-state index in [4.69, 9.17) is 4.74 Å². The molecule has 1 unspecified atom stereocenters. The number of fused-ring (bicyclic) bond motifs is 1. The van der Waals surface area contributed by atoms with Crippen molar-refractivity contribution in [1.29, 1.82) is 0 Å². The number of likely N-dealkylation sites (tertiary alicyclic amines) is 1. The van der Waals surface area contributed by atoms with Crippen LogP contribution in [-0.4, -0.2) is 38.2 Å². The molecule has 0 saturated carbocycles. The average molecular weight is 453 g/mol. The second-order valence-corrected chi connectivity index (χ2v) is 8.16. The molecule has 1 fully saturated rings. The van der Waals surface area contributed by atoms with E-state index in [0.29, 0.717) is 28.3 Å². The van der Waals surface area contributed by atoms with Gasteiger partial charge in [-0.05, 0) is 42.3 Å². The van der Waals surface area contributed by atoms with E-state index >= 15 is 0 Å². The minimum absolute atomic E-state index is 0.0305. The van der Waals surface area contributed by atoms with Crippen LogP contribution in [0.25, 0.3) is 11.4 Å². The van der Waals surface area contributed by atoms with Crippen molar-refractivity contribution in [2.24, 2.45) is 0 Å². The zero-order chi connectivity index (χ0) is 23.8. The van der Waals surface area contributed by atoms with Gasteiger partial charge in [0.1, 0.15) is 17.1 Å². The van der Waals surface area contributed by atoms with Crippen LogP contribution in [0.4, 0.5) is 0 Å². The number of ether oxygens (including phenoxy) is 1. The predicted molar refractivity (Wildman–Crippen MR) is 127 cm³/mol. The number of nitrogens with zero attached hydrogens (tertiary/aromatic N) is 3. The maximum Gasteiger partial charge on any atom is 0.295 e. The summed E-state index contributed by atoms with van der Waals surface area (Å²) in [5.41, 5.74) is 3.16. The maximum absolute atomic E-state index is 13.4. The fourth-order valence-corrected chi connectivity index (χ4v) is 4.51. The molecule has 0 bridgehead atoms. The normalized spacial score (nSPS) is 17.5. The highest BCUT2D eigenvalue weighted by molar-refractivity contribution is 6.46. The van der Waals surface area contributed by atoms with Crippen LogP contribution in [0.1, 0.15) is 28.6 Å². The number of ketones is 1. The van der Waals surface area contributed by atoms with Gasteiger partial charge in [0.05, 0.1) is 24.4 Å². The summed E-state index contributed by atoms with van der Waals surface area (Å²) in [7, 11) is 1.56. The van der Waals surface area contributed by atoms with Gasteiger partial charge in [0.25, 0.3) is 11.7 Å². The van der Waals surface area contributed by atoms with Gasteiger partial charge in [0.2, 0.25) is 0 Å². The van der Waals surface area contributed by atoms with Crippen LogP contribution in [-0.2, 0) is 16.1 Å². The van der Waals surface area contributed by atoms with Gasteiger partial charge in [-0.3, -0.25) is 14.0 Å². The summed E-state index contributed by atoms with van der Waals surface area (Å²) < 4.78 is 7.11. The van der Waals surface area contributed by atoms with Gasteiger partial charge in [0, 0.05) is 12.7 Å². The van der Waals surface area contributed by atoms with Crippen LogP contribution in [0, 0.1) is 6.92 Å². The highest BCUT2D eigenvalue weighted by Gasteiger charge is 2.46. The number of imidazole rings is 1. The van der Waals surface area contributed by atoms with Gasteiger partial charge < -0.3 is 14.7 Å². The van der Waals surface area contributed by atoms with Crippen LogP contribution in [0.2, 0.25) is 0 Å². The van der Waals surface area contributed by atoms with Gasteiger partial charge in [-0.25, -0.2) is 4.98 Å². The summed E-state index contributed by atoms with van der Waals surface area (Å²) in [6.07, 6.45) is 1.77. The van der Waals surface area contributed by atoms with E-state index in [1.165, 1.54) is 4.90 Å². The largest absolute Gasteiger partial charge is 0.505 e. The number of aromatic nitrogens is 2. The number of aliphatic hydroxyl groups is 1. The number of Topliss-reactive ketones (excluding diaryl/α,β-unsaturated/α-hetero) is 1. The van der Waals surface area contributed by atoms with Crippen LogP contribution in [0.3, 0.4) is 0 Å². The molecule has 170 valence electrons. The average Bonchev–Trinajstić information content (AvgIpc) is 3.32. The molecular weight excluding hydrogens is 430 g/mol. The van der Waals surface area contributed by atoms with Crippen LogP contribution in [0.15, 0.2) is 84.6 Å². The van der Waals surface area contributed by atoms with Gasteiger partial charge >= 0.3 is 0 Å². The first-order valence-electron chi connectivity index (χ1n) is 10.9. The monoisotopic (exact) mass is 453 g/mol. The summed E-state index contributed by atoms with van der Waals surface area (Å²) in [6, 6.07) is 21.4. The molecular formula is C27H23N3O4. The number of pyridine rings is 1. The summed E-state index contributed by atoms with van der Waals surface area (Å²) in [6.45, 7) is 1.98. The number of benzene rings is 2. The molecule has 4 aromatic rings. The predicted octanol–water partition coefficient (Wildman–Crippen LogP) is 4.27. The number of methoxy groups -OCH3 is 1. The first kappa shape index (κ1) is 21.5. The zero-order valence-electron chi connectivity index (χ0n) is 18.8. The standard InChI is InChI=1S/C27H23N3O4/c1-17-23(29-14-7-6-13-21(29)28-17)25(31)22-24(19-11-8-12-20(15-19)34-2)30(27(33)26(22)32)16-18-9-4-3-5-10-18/h3-15,24,31H,16H2,1-2H3/b25-22+. The van der Waals surface area contributed by atoms with E-state index < -0.39 is 17.7 Å². The Morgan fingerprint density at radius 1 is 1.03 bits per heavy atom. The molecule has 1 atom stereocenters. The smallest absolute Gasteiger partial charge is 0.295 e. The number of aryl methyl sites for hydroxylation is 1. The number of hydrogen-bond donors (Lipinski definition) is 1. The quantitative estimate of drug-likeness (QED) is 0.277. The van der Waals surface area contributed by atoms with Crippen molar-refractivity contribution in [3.63, 3.8) is 0 Å². The third kappa shape index (κ3) is 3.51. The van der Waals surface area contributed by atoms with Gasteiger partial charge in [-0.1, -0.05) is 48.5 Å². The first-order chi connectivity index (χ1) is 16.5. The topological polar surface area (TPSA) is 84.1 Å². The Bertz CT molecular complexity index is 1440. The molecule has 2 aromatic carbocycles. The SMILES string of the molecule is COc1cccc(C2/C(=C(\O)c3c(C)nc4ccccn34)C(=O)C(=O)N2Cc2ccccc2)c1. The molecule has 34 heavy (non-hydrogen) atoms. The molecule has 7 heteroatoms. The molecule has 0 radical (unpaired) electrons. The lowest BCUT2D eigenvalue weighted by atomic mass is 9.96. The van der Waals surface area contributed by atoms with E-state index in [1.54, 1.807) is 42.8 Å². The van der Waals surface area contributed by atoms with Crippen LogP contribution >= 0.6 is 0 Å². The van der Waals surface area contributed by atoms with Crippen molar-refractivity contribution in [2.75, 3.05) is 7.11 Å². The lowest BCUT2D eigenvalue weighted by Gasteiger charge is -2.25. The van der Waals surface area contributed by atoms with Gasteiger partial charge in [-0.2, -0.15) is 0 Å². The second kappa shape index (κ2) is 8.51. The van der Waals surface area contributed by atoms with Crippen LogP contribution in [0.5, 0.6) is 5.75 Å². The number of carbonyl (C=O) groups is 2. The molecule has 7 nitrogen and oxygen atoms in total. The van der Waals surface area contributed by atoms with Crippen molar-refractivity contribution in [3.05, 3.63) is 107 Å². The number of aliphatic hydroxyl groups excluding tert-OH is 1. The first-order valence-corrected chi connectivity index (χ1v) is 10.9. The van der Waals surface area contributed by atoms with Crippen molar-refractivity contribution in [2.45, 2.75) is 19.5 Å². The number of amides is 1. The summed E-state index contributed by atoms with van der Waals surface area (Å²) in [4.78, 5) is 32.6. The Hall–Kier alpha value is -4.39. The highest BCUT2D eigenvalue weighted by atomic mass is 16.5. The van der Waals surface area contributed by atoms with Gasteiger partial charge in [0.15, 0.2) is 5.76 Å². The highest BCUT2D eigenvalue weighted by Crippen LogP contribution is 2.41. The number of carbonyl (C=O) groups excluding carboxylic acids is 2. The van der Waals surface area contributed by atoms with E-state index in [9.17, 15) is 14.7 Å². The summed E-state index contributed by atoms with van der Waals surface area (Å²) in [5, 5.41) is 11.5. The minimum Gasteiger partial charge on any atom is -0.505 e. The summed E-state index contributed by atoms with van der Waals surface area (Å²) >= 11 is 0. The van der Waals surface area contributed by atoms with Crippen molar-refractivity contribution in [3.8, 4) is 5.75 Å².